The summed E-state index contributed by atoms with van der Waals surface area (Å²) >= 11 is 3.86. The normalized spacial score (nSPS) is 12.0. The first-order valence-electron chi connectivity index (χ1n) is 3.18. The highest BCUT2D eigenvalue weighted by Crippen LogP contribution is 1.95. The fraction of sp³-hybridized carbons (Fsp3) is 1.00. The fourth-order valence-corrected chi connectivity index (χ4v) is 0.605. The molecule has 56 valence electrons. The van der Waals surface area contributed by atoms with Gasteiger partial charge in [0.25, 0.3) is 0 Å². The minimum Gasteiger partial charge on any atom is -0.311 e. The molecule has 2 N–H and O–H groups in total. The van der Waals surface area contributed by atoms with Crippen molar-refractivity contribution in [2.24, 2.45) is 0 Å². The van der Waals surface area contributed by atoms with Gasteiger partial charge < -0.3 is 5.32 Å². The first-order valence-corrected chi connectivity index (χ1v) is 3.63. The maximum atomic E-state index is 3.86. The molecule has 0 aliphatic rings. The third-order valence-corrected chi connectivity index (χ3v) is 1.12. The van der Waals surface area contributed by atoms with Crippen LogP contribution in [0.4, 0.5) is 0 Å². The van der Waals surface area contributed by atoms with E-state index in [1.165, 1.54) is 0 Å². The Labute approximate surface area is 63.0 Å². The summed E-state index contributed by atoms with van der Waals surface area (Å²) < 4.78 is 2.77. The summed E-state index contributed by atoms with van der Waals surface area (Å²) in [5.74, 6) is 0. The third-order valence-electron chi connectivity index (χ3n) is 0.892. The van der Waals surface area contributed by atoms with Gasteiger partial charge in [-0.3, -0.25) is 4.72 Å². The highest BCUT2D eigenvalue weighted by molar-refractivity contribution is 7.78. The van der Waals surface area contributed by atoms with E-state index in [0.717, 1.165) is 13.1 Å². The molecule has 0 aromatic heterocycles. The Kier molecular flexibility index (Phi) is 4.27. The number of hydrogen-bond acceptors (Lipinski definition) is 3. The van der Waals surface area contributed by atoms with Crippen LogP contribution in [0.25, 0.3) is 0 Å². The lowest BCUT2D eigenvalue weighted by molar-refractivity contribution is 0.430. The van der Waals surface area contributed by atoms with E-state index in [0.29, 0.717) is 0 Å². The molecule has 0 unspecified atom stereocenters. The van der Waals surface area contributed by atoms with Gasteiger partial charge in [-0.25, -0.2) is 0 Å². The number of thiol groups is 1. The third kappa shape index (κ3) is 8.27. The van der Waals surface area contributed by atoms with Gasteiger partial charge in [-0.2, -0.15) is 0 Å². The highest BCUT2D eigenvalue weighted by atomic mass is 32.1. The minimum atomic E-state index is 0.227. The van der Waals surface area contributed by atoms with Crippen LogP contribution in [0, 0.1) is 0 Å². The van der Waals surface area contributed by atoms with Crippen molar-refractivity contribution in [2.45, 2.75) is 26.3 Å². The molecule has 0 heterocycles. The van der Waals surface area contributed by atoms with Crippen LogP contribution >= 0.6 is 12.8 Å². The molecule has 0 fully saturated rings. The van der Waals surface area contributed by atoms with E-state index in [4.69, 9.17) is 0 Å². The van der Waals surface area contributed by atoms with E-state index >= 15 is 0 Å². The summed E-state index contributed by atoms with van der Waals surface area (Å²) in [5, 5.41) is 3.31. The molecule has 9 heavy (non-hydrogen) atoms. The van der Waals surface area contributed by atoms with Crippen molar-refractivity contribution in [3.63, 3.8) is 0 Å². The predicted octanol–water partition coefficient (Wildman–Crippen LogP) is 0.809. The molecule has 0 rings (SSSR count). The molecule has 2 nitrogen and oxygen atoms in total. The van der Waals surface area contributed by atoms with Gasteiger partial charge in [0.1, 0.15) is 0 Å². The van der Waals surface area contributed by atoms with Crippen molar-refractivity contribution in [1.29, 1.82) is 0 Å². The van der Waals surface area contributed by atoms with E-state index in [1.54, 1.807) is 0 Å². The monoisotopic (exact) mass is 148 g/mol. The maximum absolute atomic E-state index is 3.86. The van der Waals surface area contributed by atoms with Gasteiger partial charge in [0, 0.05) is 18.6 Å². The Balaban J connectivity index is 3.07. The van der Waals surface area contributed by atoms with Gasteiger partial charge >= 0.3 is 0 Å². The van der Waals surface area contributed by atoms with Crippen molar-refractivity contribution < 1.29 is 0 Å². The van der Waals surface area contributed by atoms with Crippen LogP contribution in [-0.4, -0.2) is 18.6 Å². The van der Waals surface area contributed by atoms with Gasteiger partial charge in [0.2, 0.25) is 0 Å². The lowest BCUT2D eigenvalue weighted by Crippen LogP contribution is -2.38. The molecule has 0 spiro atoms. The van der Waals surface area contributed by atoms with Crippen LogP contribution in [0.5, 0.6) is 0 Å². The first-order chi connectivity index (χ1) is 4.06. The van der Waals surface area contributed by atoms with Crippen molar-refractivity contribution in [3.8, 4) is 0 Å². The second-order valence-electron chi connectivity index (χ2n) is 3.08. The van der Waals surface area contributed by atoms with Crippen LogP contribution < -0.4 is 10.0 Å². The Morgan fingerprint density at radius 2 is 1.78 bits per heavy atom. The average Bonchev–Trinajstić information content (AvgIpc) is 1.63. The molecule has 0 atom stereocenters. The number of hydrogen-bond donors (Lipinski definition) is 3. The zero-order chi connectivity index (χ0) is 7.33. The quantitative estimate of drug-likeness (QED) is 0.407. The zero-order valence-corrected chi connectivity index (χ0v) is 7.26. The molecule has 0 aliphatic heterocycles. The molecular weight excluding hydrogens is 132 g/mol. The fourth-order valence-electron chi connectivity index (χ4n) is 0.493. The standard InChI is InChI=1S/C6H16N2S/c1-6(2,3)7-4-5-8-9/h7-9H,4-5H2,1-3H3. The minimum absolute atomic E-state index is 0.227. The lowest BCUT2D eigenvalue weighted by Gasteiger charge is -2.19. The van der Waals surface area contributed by atoms with Crippen molar-refractivity contribution >= 4 is 12.8 Å². The van der Waals surface area contributed by atoms with Crippen LogP contribution in [-0.2, 0) is 0 Å². The molecule has 0 bridgehead atoms. The first kappa shape index (κ1) is 9.27. The van der Waals surface area contributed by atoms with E-state index in [1.807, 2.05) is 0 Å². The second kappa shape index (κ2) is 4.14. The summed E-state index contributed by atoms with van der Waals surface area (Å²) in [6.45, 7) is 8.30. The van der Waals surface area contributed by atoms with E-state index < -0.39 is 0 Å². The van der Waals surface area contributed by atoms with Crippen LogP contribution in [0.2, 0.25) is 0 Å². The smallest absolute Gasteiger partial charge is 0.0182 e. The van der Waals surface area contributed by atoms with Gasteiger partial charge in [0.15, 0.2) is 0 Å². The molecule has 3 heteroatoms. The summed E-state index contributed by atoms with van der Waals surface area (Å²) in [6.07, 6.45) is 0. The largest absolute Gasteiger partial charge is 0.311 e. The maximum Gasteiger partial charge on any atom is 0.0182 e. The van der Waals surface area contributed by atoms with Crippen LogP contribution in [0.3, 0.4) is 0 Å². The zero-order valence-electron chi connectivity index (χ0n) is 6.36. The summed E-state index contributed by atoms with van der Waals surface area (Å²) in [4.78, 5) is 0. The Morgan fingerprint density at radius 1 is 1.22 bits per heavy atom. The lowest BCUT2D eigenvalue weighted by atomic mass is 10.1. The SMILES string of the molecule is CC(C)(C)NCCNS. The molecule has 0 aromatic carbocycles. The second-order valence-corrected chi connectivity index (χ2v) is 3.40. The van der Waals surface area contributed by atoms with Gasteiger partial charge in [0.05, 0.1) is 0 Å². The number of nitrogens with one attached hydrogen (secondary N) is 2. The van der Waals surface area contributed by atoms with Crippen molar-refractivity contribution in [3.05, 3.63) is 0 Å². The molecular formula is C6H16N2S. The van der Waals surface area contributed by atoms with E-state index in [9.17, 15) is 0 Å². The summed E-state index contributed by atoms with van der Waals surface area (Å²) in [7, 11) is 0. The summed E-state index contributed by atoms with van der Waals surface area (Å²) in [5.41, 5.74) is 0.227. The van der Waals surface area contributed by atoms with Crippen molar-refractivity contribution in [1.82, 2.24) is 10.0 Å². The molecule has 0 aromatic rings. The Bertz CT molecular complexity index is 67.9. The van der Waals surface area contributed by atoms with E-state index in [-0.39, 0.29) is 5.54 Å². The molecule has 0 aliphatic carbocycles. The van der Waals surface area contributed by atoms with Gasteiger partial charge in [-0.05, 0) is 20.8 Å². The number of rotatable bonds is 3. The molecule has 0 saturated carbocycles. The average molecular weight is 148 g/mol. The Morgan fingerprint density at radius 3 is 2.11 bits per heavy atom. The van der Waals surface area contributed by atoms with Gasteiger partial charge in [-0.1, -0.05) is 12.8 Å². The predicted molar refractivity (Wildman–Crippen MR) is 44.7 cm³/mol. The molecule has 0 amide bonds. The van der Waals surface area contributed by atoms with E-state index in [2.05, 4.69) is 43.6 Å². The van der Waals surface area contributed by atoms with Crippen LogP contribution in [0.1, 0.15) is 20.8 Å². The molecule has 0 radical (unpaired) electrons. The van der Waals surface area contributed by atoms with Crippen molar-refractivity contribution in [2.75, 3.05) is 13.1 Å². The topological polar surface area (TPSA) is 24.1 Å². The highest BCUT2D eigenvalue weighted by Gasteiger charge is 2.06. The summed E-state index contributed by atoms with van der Waals surface area (Å²) in [6, 6.07) is 0. The Hall–Kier alpha value is 0.270. The molecule has 0 saturated heterocycles. The van der Waals surface area contributed by atoms with Gasteiger partial charge in [-0.15, -0.1) is 0 Å². The van der Waals surface area contributed by atoms with Crippen LogP contribution in [0.15, 0.2) is 0 Å².